The van der Waals surface area contributed by atoms with Crippen LogP contribution in [0.25, 0.3) is 0 Å². The van der Waals surface area contributed by atoms with E-state index in [1.807, 2.05) is 32.0 Å². The third-order valence-corrected chi connectivity index (χ3v) is 2.91. The molecule has 1 aromatic rings. The first-order valence-corrected chi connectivity index (χ1v) is 6.69. The molecule has 1 atom stereocenters. The zero-order valence-corrected chi connectivity index (χ0v) is 11.9. The minimum absolute atomic E-state index is 0.0256. The molecule has 0 heterocycles. The number of hydrogen-bond acceptors (Lipinski definition) is 2. The summed E-state index contributed by atoms with van der Waals surface area (Å²) in [6, 6.07) is 5.75. The van der Waals surface area contributed by atoms with E-state index < -0.39 is 0 Å². The van der Waals surface area contributed by atoms with Gasteiger partial charge in [-0.3, -0.25) is 4.79 Å². The quantitative estimate of drug-likeness (QED) is 0.814. The van der Waals surface area contributed by atoms with Crippen LogP contribution < -0.4 is 11.1 Å². The molecule has 0 aliphatic heterocycles. The number of benzene rings is 1. The second-order valence-corrected chi connectivity index (χ2v) is 4.70. The fraction of sp³-hybridized carbons (Fsp3) is 0.438. The summed E-state index contributed by atoms with van der Waals surface area (Å²) >= 11 is 0. The van der Waals surface area contributed by atoms with Crippen LogP contribution in [0.1, 0.15) is 48.2 Å². The van der Waals surface area contributed by atoms with Gasteiger partial charge in [-0.05, 0) is 44.0 Å². The molecule has 102 valence electrons. The van der Waals surface area contributed by atoms with Crippen molar-refractivity contribution in [3.63, 3.8) is 0 Å². The zero-order chi connectivity index (χ0) is 14.3. The predicted octanol–water partition coefficient (Wildman–Crippen LogP) is 2.22. The van der Waals surface area contributed by atoms with E-state index >= 15 is 0 Å². The lowest BCUT2D eigenvalue weighted by atomic mass is 10.0. The Kier molecular flexibility index (Phi) is 6.11. The summed E-state index contributed by atoms with van der Waals surface area (Å²) in [5, 5.41) is 2.99. The minimum Gasteiger partial charge on any atom is -0.350 e. The van der Waals surface area contributed by atoms with E-state index in [-0.39, 0.29) is 11.9 Å². The van der Waals surface area contributed by atoms with Crippen LogP contribution in [0.4, 0.5) is 0 Å². The largest absolute Gasteiger partial charge is 0.350 e. The van der Waals surface area contributed by atoms with Crippen molar-refractivity contribution in [2.75, 3.05) is 6.54 Å². The van der Waals surface area contributed by atoms with Gasteiger partial charge < -0.3 is 11.1 Å². The Hall–Kier alpha value is -1.79. The monoisotopic (exact) mass is 258 g/mol. The number of nitrogens with two attached hydrogens (primary N) is 1. The van der Waals surface area contributed by atoms with Crippen molar-refractivity contribution < 1.29 is 4.79 Å². The van der Waals surface area contributed by atoms with Crippen LogP contribution in [-0.2, 0) is 0 Å². The number of carbonyl (C=O) groups excluding carboxylic acids is 1. The molecule has 3 nitrogen and oxygen atoms in total. The number of nitrogens with one attached hydrogen (secondary N) is 1. The van der Waals surface area contributed by atoms with Gasteiger partial charge in [0.1, 0.15) is 0 Å². The molecule has 1 amide bonds. The molecule has 1 aromatic carbocycles. The summed E-state index contributed by atoms with van der Waals surface area (Å²) in [6.45, 7) is 6.43. The Morgan fingerprint density at radius 2 is 2.21 bits per heavy atom. The van der Waals surface area contributed by atoms with E-state index in [0.717, 1.165) is 24.0 Å². The topological polar surface area (TPSA) is 55.1 Å². The molecule has 3 heteroatoms. The van der Waals surface area contributed by atoms with E-state index in [1.165, 1.54) is 0 Å². The highest BCUT2D eigenvalue weighted by Crippen LogP contribution is 2.10. The maximum Gasteiger partial charge on any atom is 0.251 e. The molecule has 0 radical (unpaired) electrons. The maximum absolute atomic E-state index is 12.0. The molecule has 0 saturated carbocycles. The van der Waals surface area contributed by atoms with E-state index in [4.69, 9.17) is 5.73 Å². The standard InChI is InChI=1S/C16H22N2O/c1-4-6-13(3)18-16(19)15-9-8-14(7-5-10-17)12(2)11-15/h8-9,11,13H,4,6,10,17H2,1-3H3,(H,18,19). The summed E-state index contributed by atoms with van der Waals surface area (Å²) in [4.78, 5) is 12.0. The lowest BCUT2D eigenvalue weighted by Gasteiger charge is -2.13. The van der Waals surface area contributed by atoms with Gasteiger partial charge in [0.25, 0.3) is 5.91 Å². The van der Waals surface area contributed by atoms with Gasteiger partial charge >= 0.3 is 0 Å². The zero-order valence-electron chi connectivity index (χ0n) is 11.9. The van der Waals surface area contributed by atoms with Crippen molar-refractivity contribution in [2.45, 2.75) is 39.7 Å². The van der Waals surface area contributed by atoms with Crippen molar-refractivity contribution in [1.29, 1.82) is 0 Å². The minimum atomic E-state index is -0.0256. The normalized spacial score (nSPS) is 11.4. The van der Waals surface area contributed by atoms with Crippen molar-refractivity contribution in [3.05, 3.63) is 34.9 Å². The van der Waals surface area contributed by atoms with E-state index in [9.17, 15) is 4.79 Å². The summed E-state index contributed by atoms with van der Waals surface area (Å²) in [7, 11) is 0. The highest BCUT2D eigenvalue weighted by atomic mass is 16.1. The number of carbonyl (C=O) groups is 1. The Morgan fingerprint density at radius 3 is 2.79 bits per heavy atom. The number of rotatable bonds is 4. The molecule has 0 aromatic heterocycles. The molecule has 3 N–H and O–H groups in total. The molecule has 1 rings (SSSR count). The van der Waals surface area contributed by atoms with Crippen LogP contribution in [0.2, 0.25) is 0 Å². The third kappa shape index (κ3) is 4.76. The first-order chi connectivity index (χ1) is 9.08. The average Bonchev–Trinajstić information content (AvgIpc) is 2.37. The molecule has 0 saturated heterocycles. The van der Waals surface area contributed by atoms with Crippen LogP contribution in [-0.4, -0.2) is 18.5 Å². The van der Waals surface area contributed by atoms with Crippen molar-refractivity contribution in [2.24, 2.45) is 5.73 Å². The lowest BCUT2D eigenvalue weighted by molar-refractivity contribution is 0.0938. The highest BCUT2D eigenvalue weighted by molar-refractivity contribution is 5.94. The molecule has 19 heavy (non-hydrogen) atoms. The van der Waals surface area contributed by atoms with Crippen molar-refractivity contribution >= 4 is 5.91 Å². The molecule has 0 aliphatic rings. The fourth-order valence-corrected chi connectivity index (χ4v) is 1.90. The molecular formula is C16H22N2O. The van der Waals surface area contributed by atoms with E-state index in [1.54, 1.807) is 0 Å². The summed E-state index contributed by atoms with van der Waals surface area (Å²) in [5.74, 6) is 5.79. The molecule has 0 bridgehead atoms. The van der Waals surface area contributed by atoms with E-state index in [2.05, 4.69) is 24.1 Å². The van der Waals surface area contributed by atoms with Crippen LogP contribution in [0, 0.1) is 18.8 Å². The van der Waals surface area contributed by atoms with Gasteiger partial charge in [0.05, 0.1) is 6.54 Å². The first kappa shape index (κ1) is 15.3. The van der Waals surface area contributed by atoms with Crippen molar-refractivity contribution in [3.8, 4) is 11.8 Å². The second kappa shape index (κ2) is 7.60. The molecule has 0 fully saturated rings. The van der Waals surface area contributed by atoms with Gasteiger partial charge in [-0.2, -0.15) is 0 Å². The van der Waals surface area contributed by atoms with Gasteiger partial charge in [-0.15, -0.1) is 0 Å². The Labute approximate surface area is 115 Å². The predicted molar refractivity (Wildman–Crippen MR) is 78.9 cm³/mol. The van der Waals surface area contributed by atoms with Gasteiger partial charge in [-0.1, -0.05) is 25.2 Å². The van der Waals surface area contributed by atoms with Gasteiger partial charge in [-0.25, -0.2) is 0 Å². The van der Waals surface area contributed by atoms with Gasteiger partial charge in [0.15, 0.2) is 0 Å². The van der Waals surface area contributed by atoms with Crippen molar-refractivity contribution in [1.82, 2.24) is 5.32 Å². The highest BCUT2D eigenvalue weighted by Gasteiger charge is 2.09. The summed E-state index contributed by atoms with van der Waals surface area (Å²) in [6.07, 6.45) is 2.05. The second-order valence-electron chi connectivity index (χ2n) is 4.70. The fourth-order valence-electron chi connectivity index (χ4n) is 1.90. The Balaban J connectivity index is 2.80. The maximum atomic E-state index is 12.0. The smallest absolute Gasteiger partial charge is 0.251 e. The third-order valence-electron chi connectivity index (χ3n) is 2.91. The summed E-state index contributed by atoms with van der Waals surface area (Å²) < 4.78 is 0. The number of aryl methyl sites for hydroxylation is 1. The lowest BCUT2D eigenvalue weighted by Crippen LogP contribution is -2.32. The number of hydrogen-bond donors (Lipinski definition) is 2. The van der Waals surface area contributed by atoms with Crippen LogP contribution >= 0.6 is 0 Å². The molecule has 0 aliphatic carbocycles. The molecule has 1 unspecified atom stereocenters. The average molecular weight is 258 g/mol. The van der Waals surface area contributed by atoms with Gasteiger partial charge in [0.2, 0.25) is 0 Å². The number of amides is 1. The van der Waals surface area contributed by atoms with Crippen LogP contribution in [0.15, 0.2) is 18.2 Å². The molecule has 0 spiro atoms. The summed E-state index contributed by atoms with van der Waals surface area (Å²) in [5.41, 5.74) is 7.95. The van der Waals surface area contributed by atoms with Crippen LogP contribution in [0.3, 0.4) is 0 Å². The van der Waals surface area contributed by atoms with Crippen LogP contribution in [0.5, 0.6) is 0 Å². The molecular weight excluding hydrogens is 236 g/mol. The van der Waals surface area contributed by atoms with E-state index in [0.29, 0.717) is 12.1 Å². The first-order valence-electron chi connectivity index (χ1n) is 6.69. The Morgan fingerprint density at radius 1 is 1.47 bits per heavy atom. The van der Waals surface area contributed by atoms with Gasteiger partial charge in [0, 0.05) is 17.2 Å². The Bertz CT molecular complexity index is 497. The SMILES string of the molecule is CCCC(C)NC(=O)c1ccc(C#CCN)c(C)c1.